The van der Waals surface area contributed by atoms with E-state index in [9.17, 15) is 4.79 Å². The molecular weight excluding hydrogens is 336 g/mol. The zero-order valence-electron chi connectivity index (χ0n) is 13.8. The van der Waals surface area contributed by atoms with Gasteiger partial charge in [-0.15, -0.1) is 0 Å². The fraction of sp³-hybridized carbons (Fsp3) is 0.118. The van der Waals surface area contributed by atoms with Gasteiger partial charge >= 0.3 is 0 Å². The van der Waals surface area contributed by atoms with E-state index < -0.39 is 0 Å². The molecule has 26 heavy (non-hydrogen) atoms. The normalized spacial score (nSPS) is 12.8. The van der Waals surface area contributed by atoms with Crippen LogP contribution in [0.5, 0.6) is 11.5 Å². The number of carbonyl (C=O) groups excluding carboxylic acids is 1. The summed E-state index contributed by atoms with van der Waals surface area (Å²) in [6.45, 7) is 1.65. The summed E-state index contributed by atoms with van der Waals surface area (Å²) in [5.74, 6) is 1.90. The van der Waals surface area contributed by atoms with Crippen LogP contribution < -0.4 is 20.1 Å². The van der Waals surface area contributed by atoms with Gasteiger partial charge in [0.2, 0.25) is 18.6 Å². The Morgan fingerprint density at radius 3 is 2.81 bits per heavy atom. The van der Waals surface area contributed by atoms with Crippen LogP contribution in [0.2, 0.25) is 0 Å². The van der Waals surface area contributed by atoms with Gasteiger partial charge in [-0.05, 0) is 18.2 Å². The zero-order valence-corrected chi connectivity index (χ0v) is 13.8. The van der Waals surface area contributed by atoms with Crippen molar-refractivity contribution >= 4 is 40.0 Å². The maximum absolute atomic E-state index is 12.2. The SMILES string of the molecule is CC(=O)N(c1cccc(N)c1)c1nc2nc3cc4c(cc3n2[nH]1)OCO4. The van der Waals surface area contributed by atoms with Crippen molar-refractivity contribution in [3.63, 3.8) is 0 Å². The minimum absolute atomic E-state index is 0.192. The Bertz CT molecular complexity index is 1180. The quantitative estimate of drug-likeness (QED) is 0.536. The number of nitrogens with one attached hydrogen (secondary N) is 1. The second-order valence-electron chi connectivity index (χ2n) is 5.94. The van der Waals surface area contributed by atoms with Crippen molar-refractivity contribution in [2.75, 3.05) is 17.4 Å². The van der Waals surface area contributed by atoms with Gasteiger partial charge in [0.05, 0.1) is 16.7 Å². The molecule has 130 valence electrons. The van der Waals surface area contributed by atoms with Crippen LogP contribution in [0.25, 0.3) is 16.8 Å². The summed E-state index contributed by atoms with van der Waals surface area (Å²) in [6.07, 6.45) is 0. The summed E-state index contributed by atoms with van der Waals surface area (Å²) >= 11 is 0. The van der Waals surface area contributed by atoms with Gasteiger partial charge in [-0.2, -0.15) is 4.98 Å². The number of amides is 1. The molecule has 4 aromatic rings. The lowest BCUT2D eigenvalue weighted by Crippen LogP contribution is -2.24. The molecular formula is C17H14N6O3. The number of rotatable bonds is 2. The lowest BCUT2D eigenvalue weighted by Gasteiger charge is -2.18. The number of carbonyl (C=O) groups is 1. The van der Waals surface area contributed by atoms with Gasteiger partial charge in [0.15, 0.2) is 11.5 Å². The second kappa shape index (κ2) is 5.12. The minimum atomic E-state index is -0.200. The molecule has 0 spiro atoms. The molecule has 0 saturated carbocycles. The molecule has 0 fully saturated rings. The van der Waals surface area contributed by atoms with Gasteiger partial charge in [0.1, 0.15) is 0 Å². The largest absolute Gasteiger partial charge is 0.454 e. The average Bonchev–Trinajstić information content (AvgIpc) is 3.27. The first-order valence-electron chi connectivity index (χ1n) is 7.94. The van der Waals surface area contributed by atoms with Gasteiger partial charge in [0, 0.05) is 24.7 Å². The smallest absolute Gasteiger partial charge is 0.253 e. The highest BCUT2D eigenvalue weighted by molar-refractivity contribution is 5.98. The fourth-order valence-electron chi connectivity index (χ4n) is 3.08. The highest BCUT2D eigenvalue weighted by atomic mass is 16.7. The molecule has 2 aromatic heterocycles. The van der Waals surface area contributed by atoms with Crippen molar-refractivity contribution in [1.82, 2.24) is 19.6 Å². The molecule has 0 aliphatic carbocycles. The molecule has 9 heteroatoms. The van der Waals surface area contributed by atoms with Crippen molar-refractivity contribution in [3.05, 3.63) is 36.4 Å². The van der Waals surface area contributed by atoms with E-state index in [0.29, 0.717) is 34.6 Å². The van der Waals surface area contributed by atoms with Crippen molar-refractivity contribution in [1.29, 1.82) is 0 Å². The molecule has 0 radical (unpaired) electrons. The van der Waals surface area contributed by atoms with E-state index in [1.165, 1.54) is 11.8 Å². The minimum Gasteiger partial charge on any atom is -0.454 e. The molecule has 5 rings (SSSR count). The Hall–Kier alpha value is -3.75. The summed E-state index contributed by atoms with van der Waals surface area (Å²) in [5.41, 5.74) is 8.52. The molecule has 3 heterocycles. The third-order valence-electron chi connectivity index (χ3n) is 4.20. The number of H-pyrrole nitrogens is 1. The topological polar surface area (TPSA) is 111 Å². The average molecular weight is 350 g/mol. The Morgan fingerprint density at radius 1 is 1.23 bits per heavy atom. The Morgan fingerprint density at radius 2 is 2.04 bits per heavy atom. The maximum atomic E-state index is 12.2. The van der Waals surface area contributed by atoms with Crippen LogP contribution in [-0.4, -0.2) is 32.3 Å². The monoisotopic (exact) mass is 350 g/mol. The van der Waals surface area contributed by atoms with Gasteiger partial charge in [-0.3, -0.25) is 9.89 Å². The summed E-state index contributed by atoms with van der Waals surface area (Å²) in [5, 5.41) is 3.12. The van der Waals surface area contributed by atoms with Crippen molar-refractivity contribution in [2.45, 2.75) is 6.92 Å². The van der Waals surface area contributed by atoms with Crippen LogP contribution in [0.1, 0.15) is 6.92 Å². The Kier molecular flexibility index (Phi) is 2.87. The Balaban J connectivity index is 1.67. The molecule has 9 nitrogen and oxygen atoms in total. The fourth-order valence-corrected chi connectivity index (χ4v) is 3.08. The number of anilines is 3. The number of imidazole rings is 1. The third-order valence-corrected chi connectivity index (χ3v) is 4.20. The van der Waals surface area contributed by atoms with Crippen LogP contribution in [0.3, 0.4) is 0 Å². The maximum Gasteiger partial charge on any atom is 0.253 e. The van der Waals surface area contributed by atoms with Gasteiger partial charge in [0.25, 0.3) is 5.78 Å². The second-order valence-corrected chi connectivity index (χ2v) is 5.94. The summed E-state index contributed by atoms with van der Waals surface area (Å²) in [4.78, 5) is 22.6. The number of nitrogen functional groups attached to an aromatic ring is 1. The first kappa shape index (κ1) is 14.6. The van der Waals surface area contributed by atoms with Crippen LogP contribution in [0, 0.1) is 0 Å². The van der Waals surface area contributed by atoms with Crippen molar-refractivity contribution in [2.24, 2.45) is 0 Å². The van der Waals surface area contributed by atoms with Gasteiger partial charge in [-0.25, -0.2) is 14.4 Å². The lowest BCUT2D eigenvalue weighted by atomic mass is 10.2. The molecule has 3 N–H and O–H groups in total. The summed E-state index contributed by atoms with van der Waals surface area (Å²) < 4.78 is 12.5. The highest BCUT2D eigenvalue weighted by Crippen LogP contribution is 2.36. The molecule has 1 amide bonds. The standard InChI is InChI=1S/C17H14N6O3/c1-9(24)22(11-4-2-3-10(18)5-11)17-20-16-19-12-6-14-15(26-8-25-14)7-13(12)23(16)21-17/h2-7H,8,18H2,1H3,(H,19,20,21). The number of hydrogen-bond donors (Lipinski definition) is 2. The van der Waals surface area contributed by atoms with Gasteiger partial charge in [-0.1, -0.05) is 6.07 Å². The third kappa shape index (κ3) is 2.07. The van der Waals surface area contributed by atoms with Crippen LogP contribution in [-0.2, 0) is 4.79 Å². The van der Waals surface area contributed by atoms with E-state index in [-0.39, 0.29) is 12.7 Å². The van der Waals surface area contributed by atoms with Crippen molar-refractivity contribution in [3.8, 4) is 11.5 Å². The lowest BCUT2D eigenvalue weighted by molar-refractivity contribution is -0.115. The number of aromatic amines is 1. The predicted molar refractivity (Wildman–Crippen MR) is 94.6 cm³/mol. The highest BCUT2D eigenvalue weighted by Gasteiger charge is 2.22. The number of nitrogens with two attached hydrogens (primary N) is 1. The summed E-state index contributed by atoms with van der Waals surface area (Å²) in [6, 6.07) is 10.7. The molecule has 1 aliphatic heterocycles. The molecule has 1 aliphatic rings. The summed E-state index contributed by atoms with van der Waals surface area (Å²) in [7, 11) is 0. The molecule has 0 atom stereocenters. The number of fused-ring (bicyclic) bond motifs is 4. The molecule has 2 aromatic carbocycles. The van der Waals surface area contributed by atoms with E-state index in [0.717, 1.165) is 11.0 Å². The first-order chi connectivity index (χ1) is 12.6. The molecule has 0 saturated heterocycles. The van der Waals surface area contributed by atoms with E-state index in [1.807, 2.05) is 6.07 Å². The van der Waals surface area contributed by atoms with E-state index >= 15 is 0 Å². The van der Waals surface area contributed by atoms with Crippen LogP contribution in [0.15, 0.2) is 36.4 Å². The number of hydrogen-bond acceptors (Lipinski definition) is 6. The zero-order chi connectivity index (χ0) is 17.8. The van der Waals surface area contributed by atoms with Gasteiger partial charge < -0.3 is 15.2 Å². The van der Waals surface area contributed by atoms with Crippen molar-refractivity contribution < 1.29 is 14.3 Å². The number of ether oxygens (including phenoxy) is 2. The Labute approximate surface area is 146 Å². The predicted octanol–water partition coefficient (Wildman–Crippen LogP) is 2.21. The molecule has 0 bridgehead atoms. The number of benzene rings is 2. The van der Waals surface area contributed by atoms with Crippen LogP contribution >= 0.6 is 0 Å². The molecule has 0 unspecified atom stereocenters. The first-order valence-corrected chi connectivity index (χ1v) is 7.94. The van der Waals surface area contributed by atoms with Crippen LogP contribution in [0.4, 0.5) is 17.3 Å². The van der Waals surface area contributed by atoms with E-state index in [1.54, 1.807) is 34.8 Å². The van der Waals surface area contributed by atoms with E-state index in [2.05, 4.69) is 15.1 Å². The number of aromatic nitrogens is 4. The number of nitrogens with zero attached hydrogens (tertiary/aromatic N) is 4. The van der Waals surface area contributed by atoms with E-state index in [4.69, 9.17) is 15.2 Å².